The van der Waals surface area contributed by atoms with Gasteiger partial charge in [-0.3, -0.25) is 4.79 Å². The number of nitrogens with one attached hydrogen (secondary N) is 1. The molecule has 4 aliphatic heterocycles. The van der Waals surface area contributed by atoms with E-state index in [2.05, 4.69) is 18.8 Å². The van der Waals surface area contributed by atoms with Crippen molar-refractivity contribution in [1.29, 1.82) is 0 Å². The van der Waals surface area contributed by atoms with Crippen LogP contribution in [0.3, 0.4) is 0 Å². The summed E-state index contributed by atoms with van der Waals surface area (Å²) in [6.45, 7) is 9.92. The predicted molar refractivity (Wildman–Crippen MR) is 160 cm³/mol. The number of hydrogen-bond acceptors (Lipinski definition) is 7. The molecule has 8 heteroatoms. The summed E-state index contributed by atoms with van der Waals surface area (Å²) in [7, 11) is 1.38. The molecular formula is C32H34N4O4. The molecule has 0 spiro atoms. The molecule has 0 fully saturated rings. The summed E-state index contributed by atoms with van der Waals surface area (Å²) < 4.78 is 4.89. The van der Waals surface area contributed by atoms with Crippen LogP contribution < -0.4 is 10.6 Å². The highest BCUT2D eigenvalue weighted by molar-refractivity contribution is 6.24. The third-order valence-corrected chi connectivity index (χ3v) is 8.08. The van der Waals surface area contributed by atoms with E-state index in [0.717, 1.165) is 80.2 Å². The van der Waals surface area contributed by atoms with Gasteiger partial charge in [0, 0.05) is 22.9 Å². The Hall–Kier alpha value is -4.30. The molecular weight excluding hydrogens is 504 g/mol. The van der Waals surface area contributed by atoms with Crippen molar-refractivity contribution >= 4 is 41.5 Å². The van der Waals surface area contributed by atoms with E-state index in [1.54, 1.807) is 0 Å². The minimum Gasteiger partial charge on any atom is -0.515 e. The number of rotatable bonds is 5. The Kier molecular flexibility index (Phi) is 7.29. The standard InChI is InChI=1S/C32H34N4O4/c1-7-20-16(2)26-12-30-22(14-37)18(4)25(35-30)10-24-17(3)21(8-9-32(39)40-6)29(34-24)13-31-23(15-38)19(5)27(36-31)11-28(20)33-26/h10-13,15,36-38H,7-9,14H2,1-6H3/b23-15+,24-10?,28-11?,30-12?,31-13?. The van der Waals surface area contributed by atoms with E-state index in [1.165, 1.54) is 7.11 Å². The predicted octanol–water partition coefficient (Wildman–Crippen LogP) is 4.19. The smallest absolute Gasteiger partial charge is 0.305 e. The van der Waals surface area contributed by atoms with Gasteiger partial charge in [0.2, 0.25) is 0 Å². The Balaban J connectivity index is 1.81. The lowest BCUT2D eigenvalue weighted by molar-refractivity contribution is -0.140. The first-order valence-corrected chi connectivity index (χ1v) is 13.5. The van der Waals surface area contributed by atoms with E-state index in [1.807, 2.05) is 45.1 Å². The number of H-pyrrole nitrogens is 1. The van der Waals surface area contributed by atoms with Crippen molar-refractivity contribution in [3.05, 3.63) is 84.5 Å². The number of carbonyl (C=O) groups excluding carboxylic acids is 1. The maximum Gasteiger partial charge on any atom is 0.305 e. The number of hydrogen-bond donors (Lipinski definition) is 3. The third kappa shape index (κ3) is 4.58. The number of esters is 1. The van der Waals surface area contributed by atoms with Crippen molar-refractivity contribution in [2.24, 2.45) is 15.0 Å². The van der Waals surface area contributed by atoms with Gasteiger partial charge in [0.05, 0.1) is 59.6 Å². The molecule has 40 heavy (non-hydrogen) atoms. The van der Waals surface area contributed by atoms with E-state index >= 15 is 0 Å². The van der Waals surface area contributed by atoms with Gasteiger partial charge in [0.1, 0.15) is 0 Å². The number of carbonyl (C=O) groups is 1. The molecule has 3 N–H and O–H groups in total. The molecule has 0 aliphatic carbocycles. The van der Waals surface area contributed by atoms with Gasteiger partial charge >= 0.3 is 5.97 Å². The number of fused-ring (bicyclic) bond motifs is 5. The fourth-order valence-electron chi connectivity index (χ4n) is 5.56. The maximum absolute atomic E-state index is 12.0. The van der Waals surface area contributed by atoms with Crippen LogP contribution in [0.5, 0.6) is 0 Å². The van der Waals surface area contributed by atoms with Crippen molar-refractivity contribution in [1.82, 2.24) is 4.98 Å². The Morgan fingerprint density at radius 1 is 0.875 bits per heavy atom. The van der Waals surface area contributed by atoms with Crippen LogP contribution >= 0.6 is 0 Å². The average molecular weight is 539 g/mol. The van der Waals surface area contributed by atoms with E-state index in [4.69, 9.17) is 19.7 Å². The normalized spacial score (nSPS) is 18.9. The van der Waals surface area contributed by atoms with Gasteiger partial charge in [0.25, 0.3) is 0 Å². The topological polar surface area (TPSA) is 120 Å². The Bertz CT molecular complexity index is 1750. The van der Waals surface area contributed by atoms with Crippen LogP contribution in [0.15, 0.2) is 77.7 Å². The van der Waals surface area contributed by atoms with Gasteiger partial charge in [-0.1, -0.05) is 6.92 Å². The molecule has 0 aromatic carbocycles. The molecule has 1 aromatic heterocycles. The van der Waals surface area contributed by atoms with Gasteiger partial charge in [-0.05, 0) is 98.3 Å². The Labute approximate surface area is 233 Å². The van der Waals surface area contributed by atoms with Gasteiger partial charge in [-0.25, -0.2) is 15.0 Å². The molecule has 0 saturated heterocycles. The van der Waals surface area contributed by atoms with Crippen molar-refractivity contribution in [3.63, 3.8) is 0 Å². The number of nitrogens with zero attached hydrogens (tertiary/aromatic N) is 3. The van der Waals surface area contributed by atoms with E-state index < -0.39 is 0 Å². The number of allylic oxidation sites excluding steroid dienone is 7. The number of aromatic nitrogens is 1. The van der Waals surface area contributed by atoms with E-state index in [0.29, 0.717) is 28.4 Å². The zero-order chi connectivity index (χ0) is 28.7. The van der Waals surface area contributed by atoms with E-state index in [9.17, 15) is 15.0 Å². The third-order valence-electron chi connectivity index (χ3n) is 8.08. The van der Waals surface area contributed by atoms with Gasteiger partial charge in [-0.15, -0.1) is 0 Å². The summed E-state index contributed by atoms with van der Waals surface area (Å²) in [5.41, 5.74) is 11.9. The molecule has 0 unspecified atom stereocenters. The summed E-state index contributed by atoms with van der Waals surface area (Å²) in [5, 5.41) is 21.8. The van der Waals surface area contributed by atoms with Crippen LogP contribution in [-0.2, 0) is 9.53 Å². The second-order valence-electron chi connectivity index (χ2n) is 10.2. The van der Waals surface area contributed by atoms with Crippen LogP contribution in [0.25, 0.3) is 18.4 Å². The fraction of sp³-hybridized carbons (Fsp3) is 0.312. The lowest BCUT2D eigenvalue weighted by Crippen LogP contribution is -2.25. The summed E-state index contributed by atoms with van der Waals surface area (Å²) in [6.07, 6.45) is 10.4. The summed E-state index contributed by atoms with van der Waals surface area (Å²) in [6, 6.07) is 0. The largest absolute Gasteiger partial charge is 0.515 e. The first-order chi connectivity index (χ1) is 19.2. The van der Waals surface area contributed by atoms with Gasteiger partial charge < -0.3 is 19.9 Å². The first kappa shape index (κ1) is 27.3. The van der Waals surface area contributed by atoms with Crippen LogP contribution in [0.1, 0.15) is 58.2 Å². The minimum absolute atomic E-state index is 0.140. The number of aliphatic imine (C=N–C) groups is 3. The highest BCUT2D eigenvalue weighted by Gasteiger charge is 2.26. The zero-order valence-electron chi connectivity index (χ0n) is 23.8. The second kappa shape index (κ2) is 10.7. The molecule has 5 heterocycles. The number of ether oxygens (including phenoxy) is 1. The monoisotopic (exact) mass is 538 g/mol. The van der Waals surface area contributed by atoms with E-state index in [-0.39, 0.29) is 19.0 Å². The molecule has 0 saturated carbocycles. The fourth-order valence-corrected chi connectivity index (χ4v) is 5.56. The Morgan fingerprint density at radius 2 is 1.50 bits per heavy atom. The summed E-state index contributed by atoms with van der Waals surface area (Å²) >= 11 is 0. The first-order valence-electron chi connectivity index (χ1n) is 13.5. The molecule has 8 bridgehead atoms. The SMILES string of the molecule is CCC1=C(C)C2=NC1=Cc1[nH]c(/c(=C/O)c1C)=CC1=NC(=CC3=NC(=C2)C(CO)=C3C)C(C)=C1CCC(=O)OC. The lowest BCUT2D eigenvalue weighted by atomic mass is 9.99. The van der Waals surface area contributed by atoms with Crippen molar-refractivity contribution in [2.75, 3.05) is 13.7 Å². The number of methoxy groups -OCH3 is 1. The van der Waals surface area contributed by atoms with Crippen molar-refractivity contribution < 1.29 is 19.7 Å². The summed E-state index contributed by atoms with van der Waals surface area (Å²) in [4.78, 5) is 30.3. The average Bonchev–Trinajstić information content (AvgIpc) is 3.60. The molecule has 0 atom stereocenters. The lowest BCUT2D eigenvalue weighted by Gasteiger charge is -2.05. The Morgan fingerprint density at radius 3 is 2.12 bits per heavy atom. The molecule has 8 nitrogen and oxygen atoms in total. The number of aliphatic hydroxyl groups is 2. The summed E-state index contributed by atoms with van der Waals surface area (Å²) in [5.74, 6) is -0.294. The highest BCUT2D eigenvalue weighted by atomic mass is 16.5. The van der Waals surface area contributed by atoms with Crippen LogP contribution in [-0.4, -0.2) is 52.0 Å². The zero-order valence-corrected chi connectivity index (χ0v) is 23.8. The second-order valence-corrected chi connectivity index (χ2v) is 10.2. The van der Waals surface area contributed by atoms with Crippen LogP contribution in [0, 0.1) is 6.92 Å². The van der Waals surface area contributed by atoms with Crippen molar-refractivity contribution in [2.45, 2.75) is 53.9 Å². The number of aromatic amines is 1. The van der Waals surface area contributed by atoms with Crippen LogP contribution in [0.4, 0.5) is 0 Å². The van der Waals surface area contributed by atoms with Crippen molar-refractivity contribution in [3.8, 4) is 0 Å². The molecule has 0 radical (unpaired) electrons. The van der Waals surface area contributed by atoms with Gasteiger partial charge in [-0.2, -0.15) is 0 Å². The molecule has 0 amide bonds. The minimum atomic E-state index is -0.294. The molecule has 1 aromatic rings. The molecule has 206 valence electrons. The maximum atomic E-state index is 12.0. The molecule has 4 aliphatic rings. The highest BCUT2D eigenvalue weighted by Crippen LogP contribution is 2.34. The van der Waals surface area contributed by atoms with Crippen LogP contribution in [0.2, 0.25) is 0 Å². The molecule has 5 rings (SSSR count). The quantitative estimate of drug-likeness (QED) is 0.487. The van der Waals surface area contributed by atoms with Gasteiger partial charge in [0.15, 0.2) is 0 Å². The number of aliphatic hydroxyl groups excluding tert-OH is 2.